The molecule has 0 heterocycles. The van der Waals surface area contributed by atoms with Crippen LogP contribution in [0.2, 0.25) is 0 Å². The van der Waals surface area contributed by atoms with Gasteiger partial charge >= 0.3 is 0 Å². The summed E-state index contributed by atoms with van der Waals surface area (Å²) in [5.74, 6) is -0.212. The lowest BCUT2D eigenvalue weighted by atomic mass is 10.0. The smallest absolute Gasteiger partial charge is 0.125 e. The molecular weight excluding hydrogens is 263 g/mol. The van der Waals surface area contributed by atoms with Crippen molar-refractivity contribution >= 4 is 11.4 Å². The molecule has 3 heteroatoms. The average Bonchev–Trinajstić information content (AvgIpc) is 2.50. The topological polar surface area (TPSA) is 29.3 Å². The summed E-state index contributed by atoms with van der Waals surface area (Å²) in [4.78, 5) is 2.09. The molecule has 2 N–H and O–H groups in total. The predicted octanol–water partition coefficient (Wildman–Crippen LogP) is 4.26. The molecular formula is C18H23FN2. The van der Waals surface area contributed by atoms with Gasteiger partial charge in [-0.05, 0) is 55.7 Å². The molecule has 2 nitrogen and oxygen atoms in total. The Labute approximate surface area is 126 Å². The number of hydrogen-bond acceptors (Lipinski definition) is 2. The minimum atomic E-state index is -0.212. The van der Waals surface area contributed by atoms with Crippen LogP contribution in [0.25, 0.3) is 0 Å². The Bertz CT molecular complexity index is 566. The van der Waals surface area contributed by atoms with Crippen molar-refractivity contribution in [3.05, 3.63) is 59.9 Å². The Kier molecular flexibility index (Phi) is 5.34. The number of anilines is 2. The number of rotatable bonds is 6. The summed E-state index contributed by atoms with van der Waals surface area (Å²) in [6.07, 6.45) is 1.87. The van der Waals surface area contributed by atoms with Crippen LogP contribution in [-0.2, 0) is 6.42 Å². The number of hydrogen-bond donors (Lipinski definition) is 1. The van der Waals surface area contributed by atoms with Crippen LogP contribution in [0.3, 0.4) is 0 Å². The molecule has 1 atom stereocenters. The lowest BCUT2D eigenvalue weighted by Gasteiger charge is -2.23. The molecule has 0 aliphatic rings. The molecule has 0 saturated heterocycles. The van der Waals surface area contributed by atoms with Crippen molar-refractivity contribution in [2.24, 2.45) is 5.73 Å². The van der Waals surface area contributed by atoms with E-state index in [1.165, 1.54) is 11.6 Å². The fourth-order valence-corrected chi connectivity index (χ4v) is 2.42. The van der Waals surface area contributed by atoms with Crippen LogP contribution >= 0.6 is 0 Å². The zero-order valence-corrected chi connectivity index (χ0v) is 12.7. The summed E-state index contributed by atoms with van der Waals surface area (Å²) in [5, 5.41) is 0. The molecule has 0 bridgehead atoms. The molecule has 0 fully saturated rings. The number of benzene rings is 2. The normalized spacial score (nSPS) is 12.2. The van der Waals surface area contributed by atoms with E-state index in [9.17, 15) is 4.39 Å². The fourth-order valence-electron chi connectivity index (χ4n) is 2.42. The van der Waals surface area contributed by atoms with Crippen molar-refractivity contribution in [3.8, 4) is 0 Å². The maximum absolute atomic E-state index is 13.4. The fraction of sp³-hybridized carbons (Fsp3) is 0.333. The highest BCUT2D eigenvalue weighted by atomic mass is 19.1. The Morgan fingerprint density at radius 3 is 2.33 bits per heavy atom. The first-order chi connectivity index (χ1) is 10.1. The van der Waals surface area contributed by atoms with E-state index in [0.717, 1.165) is 30.8 Å². The minimum Gasteiger partial charge on any atom is -0.342 e. The third kappa shape index (κ3) is 4.05. The van der Waals surface area contributed by atoms with E-state index in [4.69, 9.17) is 5.73 Å². The minimum absolute atomic E-state index is 0.210. The first-order valence-electron chi connectivity index (χ1n) is 7.51. The third-order valence-corrected chi connectivity index (χ3v) is 3.71. The van der Waals surface area contributed by atoms with Crippen molar-refractivity contribution < 1.29 is 4.39 Å². The van der Waals surface area contributed by atoms with Gasteiger partial charge in [0, 0.05) is 24.0 Å². The molecule has 2 rings (SSSR count). The van der Waals surface area contributed by atoms with Crippen molar-refractivity contribution in [2.75, 3.05) is 11.4 Å². The van der Waals surface area contributed by atoms with Crippen LogP contribution in [0.5, 0.6) is 0 Å². The quantitative estimate of drug-likeness (QED) is 0.859. The highest BCUT2D eigenvalue weighted by molar-refractivity contribution is 5.63. The largest absolute Gasteiger partial charge is 0.342 e. The van der Waals surface area contributed by atoms with Crippen LogP contribution in [0.15, 0.2) is 48.5 Å². The predicted molar refractivity (Wildman–Crippen MR) is 87.5 cm³/mol. The SMILES string of the molecule is CCC(N)Cc1ccc(N(CC)c2cccc(F)c2)cc1. The molecule has 112 valence electrons. The van der Waals surface area contributed by atoms with Gasteiger partial charge in [0.05, 0.1) is 0 Å². The summed E-state index contributed by atoms with van der Waals surface area (Å²) < 4.78 is 13.4. The summed E-state index contributed by atoms with van der Waals surface area (Å²) >= 11 is 0. The Morgan fingerprint density at radius 1 is 1.05 bits per heavy atom. The Morgan fingerprint density at radius 2 is 1.76 bits per heavy atom. The van der Waals surface area contributed by atoms with Gasteiger partial charge in [0.1, 0.15) is 5.82 Å². The van der Waals surface area contributed by atoms with Crippen LogP contribution < -0.4 is 10.6 Å². The van der Waals surface area contributed by atoms with Gasteiger partial charge in [-0.15, -0.1) is 0 Å². The molecule has 0 amide bonds. The summed E-state index contributed by atoms with van der Waals surface area (Å²) in [5.41, 5.74) is 9.16. The van der Waals surface area contributed by atoms with Crippen molar-refractivity contribution in [2.45, 2.75) is 32.7 Å². The van der Waals surface area contributed by atoms with Gasteiger partial charge in [0.25, 0.3) is 0 Å². The molecule has 0 radical (unpaired) electrons. The molecule has 0 saturated carbocycles. The van der Waals surface area contributed by atoms with Crippen molar-refractivity contribution in [1.82, 2.24) is 0 Å². The Hall–Kier alpha value is -1.87. The van der Waals surface area contributed by atoms with Gasteiger partial charge in [-0.1, -0.05) is 25.1 Å². The summed E-state index contributed by atoms with van der Waals surface area (Å²) in [6, 6.07) is 15.3. The molecule has 0 aliphatic heterocycles. The van der Waals surface area contributed by atoms with E-state index in [1.54, 1.807) is 12.1 Å². The van der Waals surface area contributed by atoms with Crippen LogP contribution in [0.1, 0.15) is 25.8 Å². The van der Waals surface area contributed by atoms with Crippen LogP contribution in [0, 0.1) is 5.82 Å². The molecule has 2 aromatic rings. The Balaban J connectivity index is 2.19. The molecule has 0 aromatic heterocycles. The van der Waals surface area contributed by atoms with Gasteiger partial charge < -0.3 is 10.6 Å². The van der Waals surface area contributed by atoms with Crippen molar-refractivity contribution in [3.63, 3.8) is 0 Å². The zero-order chi connectivity index (χ0) is 15.2. The number of nitrogens with two attached hydrogens (primary N) is 1. The second kappa shape index (κ2) is 7.23. The molecule has 0 spiro atoms. The van der Waals surface area contributed by atoms with E-state index in [2.05, 4.69) is 43.0 Å². The number of nitrogens with zero attached hydrogens (tertiary/aromatic N) is 1. The van der Waals surface area contributed by atoms with Gasteiger partial charge in [-0.3, -0.25) is 0 Å². The second-order valence-electron chi connectivity index (χ2n) is 5.26. The first kappa shape index (κ1) is 15.5. The van der Waals surface area contributed by atoms with E-state index >= 15 is 0 Å². The monoisotopic (exact) mass is 286 g/mol. The molecule has 21 heavy (non-hydrogen) atoms. The summed E-state index contributed by atoms with van der Waals surface area (Å²) in [7, 11) is 0. The van der Waals surface area contributed by atoms with Gasteiger partial charge in [-0.25, -0.2) is 4.39 Å². The zero-order valence-electron chi connectivity index (χ0n) is 12.7. The van der Waals surface area contributed by atoms with Crippen LogP contribution in [0.4, 0.5) is 15.8 Å². The van der Waals surface area contributed by atoms with Gasteiger partial charge in [-0.2, -0.15) is 0 Å². The molecule has 1 unspecified atom stereocenters. The summed E-state index contributed by atoms with van der Waals surface area (Å²) in [6.45, 7) is 4.95. The highest BCUT2D eigenvalue weighted by Gasteiger charge is 2.08. The number of halogens is 1. The van der Waals surface area contributed by atoms with E-state index < -0.39 is 0 Å². The van der Waals surface area contributed by atoms with E-state index in [1.807, 2.05) is 6.07 Å². The van der Waals surface area contributed by atoms with Gasteiger partial charge in [0.15, 0.2) is 0 Å². The standard InChI is InChI=1S/C18H23FN2/c1-3-16(20)12-14-8-10-17(11-9-14)21(4-2)18-7-5-6-15(19)13-18/h5-11,13,16H,3-4,12,20H2,1-2H3. The third-order valence-electron chi connectivity index (χ3n) is 3.71. The van der Waals surface area contributed by atoms with Crippen molar-refractivity contribution in [1.29, 1.82) is 0 Å². The lowest BCUT2D eigenvalue weighted by Crippen LogP contribution is -2.21. The highest BCUT2D eigenvalue weighted by Crippen LogP contribution is 2.26. The average molecular weight is 286 g/mol. The molecule has 2 aromatic carbocycles. The maximum atomic E-state index is 13.4. The van der Waals surface area contributed by atoms with Gasteiger partial charge in [0.2, 0.25) is 0 Å². The first-order valence-corrected chi connectivity index (χ1v) is 7.51. The maximum Gasteiger partial charge on any atom is 0.125 e. The van der Waals surface area contributed by atoms with E-state index in [-0.39, 0.29) is 11.9 Å². The second-order valence-corrected chi connectivity index (χ2v) is 5.26. The van der Waals surface area contributed by atoms with Crippen LogP contribution in [-0.4, -0.2) is 12.6 Å². The van der Waals surface area contributed by atoms with E-state index in [0.29, 0.717) is 0 Å². The molecule has 0 aliphatic carbocycles. The lowest BCUT2D eigenvalue weighted by molar-refractivity contribution is 0.627.